The van der Waals surface area contributed by atoms with Gasteiger partial charge in [0.15, 0.2) is 0 Å². The van der Waals surface area contributed by atoms with E-state index in [2.05, 4.69) is 29.1 Å². The Morgan fingerprint density at radius 1 is 1.43 bits per heavy atom. The molecule has 2 heteroatoms. The fraction of sp³-hybridized carbons (Fsp3) is 0.600. The zero-order valence-electron chi connectivity index (χ0n) is 4.33. The summed E-state index contributed by atoms with van der Waals surface area (Å²) in [5, 5.41) is 0. The quantitative estimate of drug-likeness (QED) is 0.430. The molecule has 0 aromatic carbocycles. The Labute approximate surface area is 43.0 Å². The maximum atomic E-state index is 2.29. The van der Waals surface area contributed by atoms with E-state index >= 15 is 0 Å². The predicted octanol–water partition coefficient (Wildman–Crippen LogP) is 0.392. The van der Waals surface area contributed by atoms with Crippen molar-refractivity contribution in [3.63, 3.8) is 0 Å². The van der Waals surface area contributed by atoms with Crippen molar-refractivity contribution in [3.8, 4) is 0 Å². The first-order valence-corrected chi connectivity index (χ1v) is 2.58. The van der Waals surface area contributed by atoms with E-state index < -0.39 is 0 Å². The monoisotopic (exact) mass is 96.1 g/mol. The molecule has 2 nitrogen and oxygen atoms in total. The Morgan fingerprint density at radius 2 is 2.00 bits per heavy atom. The van der Waals surface area contributed by atoms with Crippen LogP contribution < -0.4 is 0 Å². The fourth-order valence-electron chi connectivity index (χ4n) is 1.03. The highest BCUT2D eigenvalue weighted by Crippen LogP contribution is 2.24. The summed E-state index contributed by atoms with van der Waals surface area (Å²) in [5.41, 5.74) is 0. The van der Waals surface area contributed by atoms with Crippen LogP contribution in [0.2, 0.25) is 0 Å². The third-order valence-electron chi connectivity index (χ3n) is 1.74. The molecular formula is C5H8N2. The lowest BCUT2D eigenvalue weighted by Gasteiger charge is -2.41. The Bertz CT molecular complexity index is 107. The molecular weight excluding hydrogens is 88.1 g/mol. The van der Waals surface area contributed by atoms with E-state index in [1.165, 1.54) is 0 Å². The molecule has 3 heterocycles. The summed E-state index contributed by atoms with van der Waals surface area (Å²) >= 11 is 0. The zero-order chi connectivity index (χ0) is 4.85. The summed E-state index contributed by atoms with van der Waals surface area (Å²) in [6, 6.07) is 0. The van der Waals surface area contributed by atoms with Gasteiger partial charge in [-0.25, -0.2) is 0 Å². The van der Waals surface area contributed by atoms with E-state index in [9.17, 15) is 0 Å². The number of nitrogens with zero attached hydrogens (tertiary/aromatic N) is 2. The number of rotatable bonds is 0. The van der Waals surface area contributed by atoms with Gasteiger partial charge in [0.2, 0.25) is 0 Å². The van der Waals surface area contributed by atoms with Crippen LogP contribution in [0, 0.1) is 0 Å². The number of hydrogen-bond acceptors (Lipinski definition) is 2. The van der Waals surface area contributed by atoms with Crippen LogP contribution in [0.1, 0.15) is 6.92 Å². The Hall–Kier alpha value is -0.660. The molecule has 7 heavy (non-hydrogen) atoms. The van der Waals surface area contributed by atoms with E-state index in [0.717, 1.165) is 6.67 Å². The minimum atomic E-state index is 0.667. The molecule has 1 fully saturated rings. The Balaban J connectivity index is 2.24. The second kappa shape index (κ2) is 0.782. The van der Waals surface area contributed by atoms with Crippen LogP contribution >= 0.6 is 0 Å². The van der Waals surface area contributed by atoms with E-state index in [0.29, 0.717) is 6.17 Å². The van der Waals surface area contributed by atoms with Gasteiger partial charge < -0.3 is 9.80 Å². The summed E-state index contributed by atoms with van der Waals surface area (Å²) in [7, 11) is 0. The largest absolute Gasteiger partial charge is 0.339 e. The van der Waals surface area contributed by atoms with Crippen molar-refractivity contribution < 1.29 is 0 Å². The van der Waals surface area contributed by atoms with Crippen LogP contribution in [-0.2, 0) is 0 Å². The van der Waals surface area contributed by atoms with Crippen molar-refractivity contribution in [2.75, 3.05) is 6.67 Å². The van der Waals surface area contributed by atoms with Crippen LogP contribution in [0.3, 0.4) is 0 Å². The summed E-state index contributed by atoms with van der Waals surface area (Å²) < 4.78 is 0. The lowest BCUT2D eigenvalue weighted by molar-refractivity contribution is 0.0114. The molecule has 0 spiro atoms. The van der Waals surface area contributed by atoms with E-state index in [1.807, 2.05) is 0 Å². The zero-order valence-corrected chi connectivity index (χ0v) is 4.33. The molecule has 0 saturated carbocycles. The molecule has 38 valence electrons. The highest BCUT2D eigenvalue weighted by molar-refractivity contribution is 5.03. The van der Waals surface area contributed by atoms with Crippen LogP contribution in [0.25, 0.3) is 0 Å². The average Bonchev–Trinajstić information content (AvgIpc) is 2.18. The summed E-state index contributed by atoms with van der Waals surface area (Å²) in [6.07, 6.45) is 4.93. The van der Waals surface area contributed by atoms with Crippen molar-refractivity contribution in [2.45, 2.75) is 13.1 Å². The molecule has 3 aliphatic rings. The smallest absolute Gasteiger partial charge is 0.101 e. The van der Waals surface area contributed by atoms with E-state index in [4.69, 9.17) is 0 Å². The molecule has 3 rings (SSSR count). The maximum absolute atomic E-state index is 2.29. The summed E-state index contributed by atoms with van der Waals surface area (Å²) in [6.45, 7) is 3.32. The van der Waals surface area contributed by atoms with Gasteiger partial charge in [0.05, 0.1) is 6.67 Å². The lowest BCUT2D eigenvalue weighted by atomic mass is 10.4. The second-order valence-electron chi connectivity index (χ2n) is 2.10. The minimum Gasteiger partial charge on any atom is -0.339 e. The van der Waals surface area contributed by atoms with Gasteiger partial charge in [-0.2, -0.15) is 0 Å². The summed E-state index contributed by atoms with van der Waals surface area (Å²) in [5.74, 6) is 0. The van der Waals surface area contributed by atoms with Gasteiger partial charge in [0, 0.05) is 12.4 Å². The second-order valence-corrected chi connectivity index (χ2v) is 2.10. The SMILES string of the molecule is CC1N2C=CN1C2. The normalized spacial score (nSPS) is 26.4. The molecule has 2 bridgehead atoms. The molecule has 3 aliphatic heterocycles. The molecule has 0 aromatic rings. The predicted molar refractivity (Wildman–Crippen MR) is 27.1 cm³/mol. The first-order chi connectivity index (χ1) is 3.38. The van der Waals surface area contributed by atoms with E-state index in [-0.39, 0.29) is 0 Å². The Kier molecular flexibility index (Phi) is 0.375. The van der Waals surface area contributed by atoms with Gasteiger partial charge >= 0.3 is 0 Å². The van der Waals surface area contributed by atoms with Crippen LogP contribution in [0.15, 0.2) is 12.4 Å². The van der Waals surface area contributed by atoms with Crippen molar-refractivity contribution in [1.29, 1.82) is 0 Å². The first-order valence-electron chi connectivity index (χ1n) is 2.58. The molecule has 0 unspecified atom stereocenters. The molecule has 0 radical (unpaired) electrons. The van der Waals surface area contributed by atoms with E-state index in [1.54, 1.807) is 0 Å². The highest BCUT2D eigenvalue weighted by atomic mass is 15.5. The van der Waals surface area contributed by atoms with Crippen LogP contribution in [0.5, 0.6) is 0 Å². The maximum Gasteiger partial charge on any atom is 0.101 e. The first kappa shape index (κ1) is 3.36. The van der Waals surface area contributed by atoms with Crippen molar-refractivity contribution in [3.05, 3.63) is 12.4 Å². The van der Waals surface area contributed by atoms with Gasteiger partial charge in [-0.3, -0.25) is 0 Å². The third-order valence-corrected chi connectivity index (χ3v) is 1.74. The Morgan fingerprint density at radius 3 is 2.14 bits per heavy atom. The fourth-order valence-corrected chi connectivity index (χ4v) is 1.03. The molecule has 0 atom stereocenters. The molecule has 0 N–H and O–H groups in total. The van der Waals surface area contributed by atoms with Crippen LogP contribution in [-0.4, -0.2) is 22.6 Å². The topological polar surface area (TPSA) is 6.48 Å². The van der Waals surface area contributed by atoms with Crippen molar-refractivity contribution in [2.24, 2.45) is 0 Å². The van der Waals surface area contributed by atoms with Crippen molar-refractivity contribution >= 4 is 0 Å². The lowest BCUT2D eigenvalue weighted by Crippen LogP contribution is -2.51. The average molecular weight is 96.1 g/mol. The third kappa shape index (κ3) is 0.223. The molecule has 1 saturated heterocycles. The highest BCUT2D eigenvalue weighted by Gasteiger charge is 2.32. The van der Waals surface area contributed by atoms with Gasteiger partial charge in [0.25, 0.3) is 0 Å². The molecule has 0 aliphatic carbocycles. The van der Waals surface area contributed by atoms with Gasteiger partial charge in [0.1, 0.15) is 6.17 Å². The number of hydrogen-bond donors (Lipinski definition) is 0. The molecule has 0 aromatic heterocycles. The minimum absolute atomic E-state index is 0.667. The molecule has 0 amide bonds. The van der Waals surface area contributed by atoms with Gasteiger partial charge in [-0.1, -0.05) is 0 Å². The van der Waals surface area contributed by atoms with Crippen molar-refractivity contribution in [1.82, 2.24) is 9.80 Å². The van der Waals surface area contributed by atoms with Gasteiger partial charge in [-0.15, -0.1) is 0 Å². The van der Waals surface area contributed by atoms with Crippen LogP contribution in [0.4, 0.5) is 0 Å². The standard InChI is InChI=1S/C5H8N2/c1-5-6-2-3-7(5)4-6/h2-3,5H,4H2,1H3. The van der Waals surface area contributed by atoms with Gasteiger partial charge in [-0.05, 0) is 6.92 Å². The summed E-state index contributed by atoms with van der Waals surface area (Å²) in [4.78, 5) is 4.58.